The van der Waals surface area contributed by atoms with Crippen LogP contribution in [0.5, 0.6) is 5.75 Å². The molecule has 0 bridgehead atoms. The van der Waals surface area contributed by atoms with Crippen molar-refractivity contribution in [2.24, 2.45) is 5.73 Å². The van der Waals surface area contributed by atoms with Crippen molar-refractivity contribution in [3.8, 4) is 5.75 Å². The van der Waals surface area contributed by atoms with Crippen LogP contribution in [0.1, 0.15) is 23.7 Å². The second kappa shape index (κ2) is 7.39. The van der Waals surface area contributed by atoms with Crippen LogP contribution in [0, 0.1) is 0 Å². The van der Waals surface area contributed by atoms with Crippen LogP contribution in [-0.4, -0.2) is 41.1 Å². The van der Waals surface area contributed by atoms with Crippen LogP contribution < -0.4 is 20.5 Å². The van der Waals surface area contributed by atoms with Gasteiger partial charge in [0.2, 0.25) is 10.0 Å². The van der Waals surface area contributed by atoms with E-state index in [1.807, 2.05) is 6.92 Å². The maximum atomic E-state index is 12.0. The number of carbonyl (C=O) groups excluding carboxylic acids is 1. The molecule has 0 aromatic heterocycles. The Hall–Kier alpha value is -1.64. The molecule has 0 saturated heterocycles. The van der Waals surface area contributed by atoms with Crippen molar-refractivity contribution in [3.05, 3.63) is 23.8 Å². The van der Waals surface area contributed by atoms with Crippen molar-refractivity contribution >= 4 is 15.9 Å². The summed E-state index contributed by atoms with van der Waals surface area (Å²) in [6.45, 7) is 2.27. The Bertz CT molecular complexity index is 599. The number of carbonyl (C=O) groups is 1. The molecule has 0 radical (unpaired) electrons. The van der Waals surface area contributed by atoms with Crippen LogP contribution in [0.15, 0.2) is 23.1 Å². The number of hydrogen-bond donors (Lipinski definition) is 3. The molecule has 0 aliphatic rings. The average Bonchev–Trinajstić information content (AvgIpc) is 2.46. The zero-order valence-electron chi connectivity index (χ0n) is 12.3. The molecule has 0 heterocycles. The van der Waals surface area contributed by atoms with Gasteiger partial charge in [-0.05, 0) is 38.6 Å². The SMILES string of the molecule is CNS(=O)(=O)c1cc(C(=O)NCCC(C)N)ccc1OC. The molecular weight excluding hydrogens is 294 g/mol. The van der Waals surface area contributed by atoms with Crippen molar-refractivity contribution in [2.75, 3.05) is 20.7 Å². The van der Waals surface area contributed by atoms with Crippen molar-refractivity contribution in [2.45, 2.75) is 24.3 Å². The molecule has 0 aliphatic heterocycles. The summed E-state index contributed by atoms with van der Waals surface area (Å²) in [5, 5.41) is 2.69. The van der Waals surface area contributed by atoms with Gasteiger partial charge in [0, 0.05) is 18.2 Å². The number of ether oxygens (including phenoxy) is 1. The Morgan fingerprint density at radius 3 is 2.62 bits per heavy atom. The molecule has 1 atom stereocenters. The van der Waals surface area contributed by atoms with Gasteiger partial charge in [-0.1, -0.05) is 0 Å². The van der Waals surface area contributed by atoms with E-state index < -0.39 is 10.0 Å². The lowest BCUT2D eigenvalue weighted by atomic mass is 10.2. The summed E-state index contributed by atoms with van der Waals surface area (Å²) in [4.78, 5) is 11.9. The van der Waals surface area contributed by atoms with Crippen molar-refractivity contribution < 1.29 is 17.9 Å². The number of nitrogens with one attached hydrogen (secondary N) is 2. The van der Waals surface area contributed by atoms with Gasteiger partial charge in [0.05, 0.1) is 7.11 Å². The maximum Gasteiger partial charge on any atom is 0.251 e. The van der Waals surface area contributed by atoms with Crippen molar-refractivity contribution in [3.63, 3.8) is 0 Å². The second-order valence-electron chi connectivity index (χ2n) is 4.60. The number of amides is 1. The summed E-state index contributed by atoms with van der Waals surface area (Å²) < 4.78 is 31.1. The fourth-order valence-corrected chi connectivity index (χ4v) is 2.57. The van der Waals surface area contributed by atoms with Crippen LogP contribution >= 0.6 is 0 Å². The van der Waals surface area contributed by atoms with Gasteiger partial charge in [-0.25, -0.2) is 13.1 Å². The lowest BCUT2D eigenvalue weighted by Gasteiger charge is -2.11. The number of benzene rings is 1. The standard InChI is InChI=1S/C13H21N3O4S/c1-9(14)6-7-16-13(17)10-4-5-11(20-3)12(8-10)21(18,19)15-2/h4-5,8-9,15H,6-7,14H2,1-3H3,(H,16,17). The lowest BCUT2D eigenvalue weighted by molar-refractivity contribution is 0.0952. The number of rotatable bonds is 7. The summed E-state index contributed by atoms with van der Waals surface area (Å²) >= 11 is 0. The first kappa shape index (κ1) is 17.4. The van der Waals surface area contributed by atoms with E-state index in [2.05, 4.69) is 10.0 Å². The van der Waals surface area contributed by atoms with Gasteiger partial charge >= 0.3 is 0 Å². The Morgan fingerprint density at radius 1 is 1.43 bits per heavy atom. The van der Waals surface area contributed by atoms with E-state index in [0.29, 0.717) is 13.0 Å². The number of nitrogens with two attached hydrogens (primary N) is 1. The zero-order chi connectivity index (χ0) is 16.0. The van der Waals surface area contributed by atoms with Gasteiger partial charge in [0.25, 0.3) is 5.91 Å². The molecule has 0 aliphatic carbocycles. The molecule has 118 valence electrons. The highest BCUT2D eigenvalue weighted by atomic mass is 32.2. The van der Waals surface area contributed by atoms with Gasteiger partial charge in [-0.15, -0.1) is 0 Å². The normalized spacial score (nSPS) is 12.8. The highest BCUT2D eigenvalue weighted by Crippen LogP contribution is 2.24. The van der Waals surface area contributed by atoms with E-state index >= 15 is 0 Å². The first-order valence-corrected chi connectivity index (χ1v) is 7.95. The monoisotopic (exact) mass is 315 g/mol. The Labute approximate surface area is 124 Å². The zero-order valence-corrected chi connectivity index (χ0v) is 13.2. The second-order valence-corrected chi connectivity index (χ2v) is 6.45. The molecule has 21 heavy (non-hydrogen) atoms. The fourth-order valence-electron chi connectivity index (χ4n) is 1.65. The quantitative estimate of drug-likeness (QED) is 0.659. The van der Waals surface area contributed by atoms with E-state index in [4.69, 9.17) is 10.5 Å². The highest BCUT2D eigenvalue weighted by Gasteiger charge is 2.20. The van der Waals surface area contributed by atoms with E-state index in [-0.39, 0.29) is 28.2 Å². The molecule has 0 spiro atoms. The summed E-state index contributed by atoms with van der Waals surface area (Å²) in [7, 11) is -1.04. The molecule has 1 amide bonds. The highest BCUT2D eigenvalue weighted by molar-refractivity contribution is 7.89. The summed E-state index contributed by atoms with van der Waals surface area (Å²) in [6.07, 6.45) is 0.642. The van der Waals surface area contributed by atoms with Crippen LogP contribution in [-0.2, 0) is 10.0 Å². The minimum atomic E-state index is -3.71. The molecule has 1 unspecified atom stereocenters. The number of methoxy groups -OCH3 is 1. The van der Waals surface area contributed by atoms with Crippen molar-refractivity contribution in [1.29, 1.82) is 0 Å². The molecule has 1 aromatic carbocycles. The van der Waals surface area contributed by atoms with Crippen molar-refractivity contribution in [1.82, 2.24) is 10.0 Å². The van der Waals surface area contributed by atoms with Gasteiger partial charge in [-0.2, -0.15) is 0 Å². The molecule has 7 nitrogen and oxygen atoms in total. The first-order valence-electron chi connectivity index (χ1n) is 6.47. The Kier molecular flexibility index (Phi) is 6.13. The van der Waals surface area contributed by atoms with Gasteiger partial charge in [-0.3, -0.25) is 4.79 Å². The molecule has 0 fully saturated rings. The molecule has 8 heteroatoms. The third-order valence-corrected chi connectivity index (χ3v) is 4.30. The summed E-state index contributed by atoms with van der Waals surface area (Å²) in [5.41, 5.74) is 5.84. The van der Waals surface area contributed by atoms with Crippen LogP contribution in [0.2, 0.25) is 0 Å². The predicted molar refractivity (Wildman–Crippen MR) is 79.8 cm³/mol. The number of sulfonamides is 1. The van der Waals surface area contributed by atoms with E-state index in [9.17, 15) is 13.2 Å². The smallest absolute Gasteiger partial charge is 0.251 e. The van der Waals surface area contributed by atoms with Crippen LogP contribution in [0.4, 0.5) is 0 Å². The van der Waals surface area contributed by atoms with Gasteiger partial charge in [0.1, 0.15) is 10.6 Å². The first-order chi connectivity index (χ1) is 9.81. The Morgan fingerprint density at radius 2 is 2.10 bits per heavy atom. The average molecular weight is 315 g/mol. The third kappa shape index (κ3) is 4.69. The molecule has 0 saturated carbocycles. The molecular formula is C13H21N3O4S. The topological polar surface area (TPSA) is 111 Å². The van der Waals surface area contributed by atoms with E-state index in [0.717, 1.165) is 0 Å². The third-order valence-electron chi connectivity index (χ3n) is 2.87. The van der Waals surface area contributed by atoms with Crippen LogP contribution in [0.25, 0.3) is 0 Å². The maximum absolute atomic E-state index is 12.0. The summed E-state index contributed by atoms with van der Waals surface area (Å²) in [5.74, 6) is -0.178. The minimum Gasteiger partial charge on any atom is -0.495 e. The summed E-state index contributed by atoms with van der Waals surface area (Å²) in [6, 6.07) is 4.23. The molecule has 4 N–H and O–H groups in total. The van der Waals surface area contributed by atoms with E-state index in [1.165, 1.54) is 32.4 Å². The van der Waals surface area contributed by atoms with Crippen LogP contribution in [0.3, 0.4) is 0 Å². The van der Waals surface area contributed by atoms with Gasteiger partial charge < -0.3 is 15.8 Å². The predicted octanol–water partition coefficient (Wildman–Crippen LogP) is 0.0704. The fraction of sp³-hybridized carbons (Fsp3) is 0.462. The largest absolute Gasteiger partial charge is 0.495 e. The minimum absolute atomic E-state index is 0.0126. The molecule has 1 aromatic rings. The van der Waals surface area contributed by atoms with E-state index in [1.54, 1.807) is 0 Å². The van der Waals surface area contributed by atoms with Gasteiger partial charge in [0.15, 0.2) is 0 Å². The Balaban J connectivity index is 3.00. The number of hydrogen-bond acceptors (Lipinski definition) is 5. The molecule has 1 rings (SSSR count). The lowest BCUT2D eigenvalue weighted by Crippen LogP contribution is -2.29.